The van der Waals surface area contributed by atoms with Crippen molar-refractivity contribution >= 4 is 46.1 Å². The Morgan fingerprint density at radius 3 is 2.56 bits per heavy atom. The summed E-state index contributed by atoms with van der Waals surface area (Å²) >= 11 is 6.30. The number of nitrogens with one attached hydrogen (secondary N) is 1. The summed E-state index contributed by atoms with van der Waals surface area (Å²) in [6, 6.07) is 19.2. The van der Waals surface area contributed by atoms with Crippen molar-refractivity contribution in [1.82, 2.24) is 9.88 Å². The zero-order chi connectivity index (χ0) is 23.6. The predicted molar refractivity (Wildman–Crippen MR) is 127 cm³/mol. The van der Waals surface area contributed by atoms with Crippen LogP contribution < -0.4 is 4.90 Å². The lowest BCUT2D eigenvalue weighted by Gasteiger charge is -2.36. The number of rotatable bonds is 3. The molecule has 6 rings (SSSR count). The number of carboxylic acids is 1. The van der Waals surface area contributed by atoms with E-state index in [-0.39, 0.29) is 11.3 Å². The van der Waals surface area contributed by atoms with Crippen molar-refractivity contribution in [2.24, 2.45) is 0 Å². The van der Waals surface area contributed by atoms with Crippen LogP contribution in [0.15, 0.2) is 72.8 Å². The normalized spacial score (nSPS) is 19.4. The van der Waals surface area contributed by atoms with Crippen molar-refractivity contribution in [2.75, 3.05) is 4.90 Å². The summed E-state index contributed by atoms with van der Waals surface area (Å²) in [6.07, 6.45) is 0.326. The predicted octanol–water partition coefficient (Wildman–Crippen LogP) is 5.00. The van der Waals surface area contributed by atoms with E-state index < -0.39 is 30.0 Å². The lowest BCUT2D eigenvalue weighted by Crippen LogP contribution is -2.44. The summed E-state index contributed by atoms with van der Waals surface area (Å²) in [6.45, 7) is 0. The maximum absolute atomic E-state index is 13.8. The first-order valence-electron chi connectivity index (χ1n) is 10.8. The number of aromatic carboxylic acids is 1. The summed E-state index contributed by atoms with van der Waals surface area (Å²) in [4.78, 5) is 45.3. The van der Waals surface area contributed by atoms with Gasteiger partial charge in [-0.05, 0) is 41.5 Å². The number of carbonyl (C=O) groups excluding carboxylic acids is 2. The second-order valence-corrected chi connectivity index (χ2v) is 8.86. The molecule has 168 valence electrons. The first kappa shape index (κ1) is 20.5. The monoisotopic (exact) mass is 471 g/mol. The third kappa shape index (κ3) is 2.87. The highest BCUT2D eigenvalue weighted by molar-refractivity contribution is 6.30. The van der Waals surface area contributed by atoms with Gasteiger partial charge in [0, 0.05) is 28.0 Å². The molecule has 2 N–H and O–H groups in total. The fourth-order valence-electron chi connectivity index (χ4n) is 5.17. The molecule has 8 heteroatoms. The van der Waals surface area contributed by atoms with Gasteiger partial charge in [0.05, 0.1) is 11.3 Å². The number of aromatic amines is 1. The van der Waals surface area contributed by atoms with Gasteiger partial charge in [-0.3, -0.25) is 9.69 Å². The Morgan fingerprint density at radius 1 is 1.00 bits per heavy atom. The number of anilines is 1. The molecular formula is C26H18ClN3O4. The van der Waals surface area contributed by atoms with Crippen molar-refractivity contribution in [3.63, 3.8) is 0 Å². The Balaban J connectivity index is 1.56. The highest BCUT2D eigenvalue weighted by Gasteiger charge is 2.53. The SMILES string of the molecule is O=C(O)c1ccccc1N1C(=O)[C@@H]2Cc3c([nH]c4ccccc34)C(c3cccc(Cl)c3)N2C1=O. The molecule has 0 radical (unpaired) electrons. The highest BCUT2D eigenvalue weighted by Crippen LogP contribution is 2.45. The molecule has 1 unspecified atom stereocenters. The van der Waals surface area contributed by atoms with Gasteiger partial charge in [0.2, 0.25) is 0 Å². The molecule has 0 bridgehead atoms. The van der Waals surface area contributed by atoms with Crippen molar-refractivity contribution in [3.8, 4) is 0 Å². The molecule has 0 saturated carbocycles. The lowest BCUT2D eigenvalue weighted by molar-refractivity contribution is -0.120. The minimum Gasteiger partial charge on any atom is -0.478 e. The number of benzene rings is 3. The van der Waals surface area contributed by atoms with E-state index in [4.69, 9.17) is 11.6 Å². The van der Waals surface area contributed by atoms with E-state index in [9.17, 15) is 19.5 Å². The lowest BCUT2D eigenvalue weighted by atomic mass is 9.89. The number of halogens is 1. The molecule has 1 aromatic heterocycles. The number of H-pyrrole nitrogens is 1. The molecule has 2 aliphatic rings. The van der Waals surface area contributed by atoms with Crippen LogP contribution in [0.4, 0.5) is 10.5 Å². The van der Waals surface area contributed by atoms with Crippen LogP contribution in [-0.4, -0.2) is 38.9 Å². The summed E-state index contributed by atoms with van der Waals surface area (Å²) in [7, 11) is 0. The summed E-state index contributed by atoms with van der Waals surface area (Å²) in [5.41, 5.74) is 3.45. The number of fused-ring (bicyclic) bond motifs is 4. The number of carbonyl (C=O) groups is 3. The molecule has 3 heterocycles. The van der Waals surface area contributed by atoms with Crippen LogP contribution in [0.5, 0.6) is 0 Å². The van der Waals surface area contributed by atoms with E-state index in [1.165, 1.54) is 12.1 Å². The van der Waals surface area contributed by atoms with Crippen LogP contribution in [0, 0.1) is 0 Å². The molecule has 4 aromatic rings. The van der Waals surface area contributed by atoms with Crippen molar-refractivity contribution in [1.29, 1.82) is 0 Å². The van der Waals surface area contributed by atoms with Crippen LogP contribution in [-0.2, 0) is 11.2 Å². The molecule has 7 nitrogen and oxygen atoms in total. The first-order valence-corrected chi connectivity index (χ1v) is 11.2. The second kappa shape index (κ2) is 7.46. The zero-order valence-corrected chi connectivity index (χ0v) is 18.5. The van der Waals surface area contributed by atoms with Crippen molar-refractivity contribution in [3.05, 3.63) is 100 Å². The number of urea groups is 1. The summed E-state index contributed by atoms with van der Waals surface area (Å²) in [5, 5.41) is 11.2. The minimum absolute atomic E-state index is 0.0674. The van der Waals surface area contributed by atoms with Gasteiger partial charge in [0.25, 0.3) is 5.91 Å². The topological polar surface area (TPSA) is 93.7 Å². The van der Waals surface area contributed by atoms with E-state index in [0.29, 0.717) is 11.4 Å². The van der Waals surface area contributed by atoms with Gasteiger partial charge in [0.15, 0.2) is 0 Å². The molecule has 2 aliphatic heterocycles. The zero-order valence-electron chi connectivity index (χ0n) is 17.7. The molecule has 34 heavy (non-hydrogen) atoms. The number of hydrogen-bond donors (Lipinski definition) is 2. The molecule has 1 fully saturated rings. The van der Waals surface area contributed by atoms with Gasteiger partial charge >= 0.3 is 12.0 Å². The number of carboxylic acid groups (broad SMARTS) is 1. The maximum atomic E-state index is 13.8. The molecule has 2 atom stereocenters. The van der Waals surface area contributed by atoms with E-state index in [0.717, 1.165) is 32.6 Å². The quantitative estimate of drug-likeness (QED) is 0.411. The van der Waals surface area contributed by atoms with Crippen LogP contribution in [0.25, 0.3) is 10.9 Å². The van der Waals surface area contributed by atoms with Gasteiger partial charge in [-0.2, -0.15) is 0 Å². The van der Waals surface area contributed by atoms with Gasteiger partial charge < -0.3 is 10.1 Å². The van der Waals surface area contributed by atoms with Crippen LogP contribution >= 0.6 is 11.6 Å². The average molecular weight is 472 g/mol. The van der Waals surface area contributed by atoms with Crippen LogP contribution in [0.2, 0.25) is 5.02 Å². The number of hydrogen-bond acceptors (Lipinski definition) is 3. The standard InChI is InChI=1S/C26H18ClN3O4/c27-15-7-5-6-14(12-15)23-22-18(16-8-1-3-10-19(16)28-22)13-21-24(31)30(26(34)29(21)23)20-11-4-2-9-17(20)25(32)33/h1-12,21,23,28H,13H2,(H,32,33)/t21-,23?/m0/s1. The fraction of sp³-hybridized carbons (Fsp3) is 0.115. The number of aromatic nitrogens is 1. The molecule has 1 saturated heterocycles. The Morgan fingerprint density at radius 2 is 1.76 bits per heavy atom. The Hall–Kier alpha value is -4.10. The molecule has 0 aliphatic carbocycles. The third-order valence-electron chi connectivity index (χ3n) is 6.59. The van der Waals surface area contributed by atoms with Gasteiger partial charge in [-0.15, -0.1) is 0 Å². The van der Waals surface area contributed by atoms with Gasteiger partial charge in [-0.25, -0.2) is 14.5 Å². The molecule has 0 spiro atoms. The maximum Gasteiger partial charge on any atom is 0.337 e. The molecule has 3 aromatic carbocycles. The second-order valence-electron chi connectivity index (χ2n) is 8.43. The molecule has 3 amide bonds. The Kier molecular flexibility index (Phi) is 4.50. The van der Waals surface area contributed by atoms with E-state index in [1.807, 2.05) is 36.4 Å². The average Bonchev–Trinajstić information content (AvgIpc) is 3.32. The molecular weight excluding hydrogens is 454 g/mol. The minimum atomic E-state index is -1.20. The number of amides is 3. The van der Waals surface area contributed by atoms with E-state index in [1.54, 1.807) is 29.2 Å². The van der Waals surface area contributed by atoms with Crippen LogP contribution in [0.3, 0.4) is 0 Å². The summed E-state index contributed by atoms with van der Waals surface area (Å²) < 4.78 is 0. The largest absolute Gasteiger partial charge is 0.478 e. The van der Waals surface area contributed by atoms with Crippen molar-refractivity contribution < 1.29 is 19.5 Å². The Bertz CT molecular complexity index is 1510. The number of para-hydroxylation sites is 2. The van der Waals surface area contributed by atoms with E-state index in [2.05, 4.69) is 4.98 Å². The third-order valence-corrected chi connectivity index (χ3v) is 6.82. The van der Waals surface area contributed by atoms with Gasteiger partial charge in [0.1, 0.15) is 12.1 Å². The highest BCUT2D eigenvalue weighted by atomic mass is 35.5. The smallest absolute Gasteiger partial charge is 0.337 e. The number of imide groups is 1. The fourth-order valence-corrected chi connectivity index (χ4v) is 5.37. The van der Waals surface area contributed by atoms with Crippen LogP contribution in [0.1, 0.15) is 33.2 Å². The Labute approximate surface area is 199 Å². The van der Waals surface area contributed by atoms with E-state index >= 15 is 0 Å². The summed E-state index contributed by atoms with van der Waals surface area (Å²) in [5.74, 6) is -1.65. The first-order chi connectivity index (χ1) is 16.5. The number of nitrogens with zero attached hydrogens (tertiary/aromatic N) is 2. The van der Waals surface area contributed by atoms with Gasteiger partial charge in [-0.1, -0.05) is 54.1 Å². The van der Waals surface area contributed by atoms with Crippen molar-refractivity contribution in [2.45, 2.75) is 18.5 Å².